The zero-order valence-electron chi connectivity index (χ0n) is 21.3. The maximum Gasteiger partial charge on any atom is 0.227 e. The van der Waals surface area contributed by atoms with Gasteiger partial charge in [0, 0.05) is 55.3 Å². The lowest BCUT2D eigenvalue weighted by Gasteiger charge is -2.41. The Labute approximate surface area is 216 Å². The van der Waals surface area contributed by atoms with Crippen LogP contribution in [0.1, 0.15) is 31.7 Å². The van der Waals surface area contributed by atoms with Crippen LogP contribution in [0.5, 0.6) is 0 Å². The molecule has 4 heterocycles. The Hall–Kier alpha value is -3.05. The Morgan fingerprint density at radius 2 is 1.89 bits per heavy atom. The van der Waals surface area contributed by atoms with Crippen molar-refractivity contribution in [1.82, 2.24) is 15.0 Å². The molecule has 37 heavy (non-hydrogen) atoms. The van der Waals surface area contributed by atoms with E-state index in [0.29, 0.717) is 49.6 Å². The van der Waals surface area contributed by atoms with Crippen LogP contribution in [0.15, 0.2) is 36.7 Å². The van der Waals surface area contributed by atoms with Crippen molar-refractivity contribution < 1.29 is 17.9 Å². The molecule has 9 nitrogen and oxygen atoms in total. The number of alkyl halides is 1. The molecular weight excluding hydrogens is 495 g/mol. The van der Waals surface area contributed by atoms with Crippen LogP contribution in [-0.4, -0.2) is 78.9 Å². The van der Waals surface area contributed by atoms with E-state index in [0.717, 1.165) is 16.5 Å². The first-order valence-corrected chi connectivity index (χ1v) is 14.7. The summed E-state index contributed by atoms with van der Waals surface area (Å²) in [6, 6.07) is 7.99. The number of fused-ring (bicyclic) bond motifs is 1. The molecule has 2 saturated heterocycles. The van der Waals surface area contributed by atoms with E-state index in [2.05, 4.69) is 51.1 Å². The summed E-state index contributed by atoms with van der Waals surface area (Å²) in [5, 5.41) is 15.0. The number of benzene rings is 1. The molecular formula is C26H33FN6O3S. The number of hydrogen-bond acceptors (Lipinski definition) is 9. The lowest BCUT2D eigenvalue weighted by molar-refractivity contribution is 0.0612. The second kappa shape index (κ2) is 10.0. The van der Waals surface area contributed by atoms with Crippen molar-refractivity contribution in [3.05, 3.63) is 42.2 Å². The van der Waals surface area contributed by atoms with Crippen LogP contribution in [0, 0.1) is 5.92 Å². The van der Waals surface area contributed by atoms with Crippen LogP contribution in [0.2, 0.25) is 0 Å². The Kier molecular flexibility index (Phi) is 6.93. The van der Waals surface area contributed by atoms with Crippen LogP contribution in [0.4, 0.5) is 27.7 Å². The second-order valence-electron chi connectivity index (χ2n) is 10.5. The number of aromatic nitrogens is 3. The molecule has 2 atom stereocenters. The van der Waals surface area contributed by atoms with Crippen LogP contribution in [0.3, 0.4) is 0 Å². The summed E-state index contributed by atoms with van der Waals surface area (Å²) < 4.78 is 37.3. The van der Waals surface area contributed by atoms with E-state index in [-0.39, 0.29) is 18.2 Å². The molecule has 2 fully saturated rings. The number of piperidine rings is 1. The zero-order valence-corrected chi connectivity index (χ0v) is 22.1. The van der Waals surface area contributed by atoms with Crippen LogP contribution in [0.25, 0.3) is 10.8 Å². The van der Waals surface area contributed by atoms with Gasteiger partial charge in [-0.15, -0.1) is 0 Å². The van der Waals surface area contributed by atoms with Gasteiger partial charge in [0.05, 0.1) is 18.4 Å². The third-order valence-electron chi connectivity index (χ3n) is 7.06. The highest BCUT2D eigenvalue weighted by molar-refractivity contribution is 7.90. The normalized spacial score (nSPS) is 20.9. The minimum absolute atomic E-state index is 0.0565. The van der Waals surface area contributed by atoms with Crippen molar-refractivity contribution in [3.8, 4) is 0 Å². The lowest BCUT2D eigenvalue weighted by Crippen LogP contribution is -2.49. The van der Waals surface area contributed by atoms with Crippen molar-refractivity contribution in [2.45, 2.75) is 38.5 Å². The van der Waals surface area contributed by atoms with E-state index < -0.39 is 22.1 Å². The van der Waals surface area contributed by atoms with Crippen molar-refractivity contribution >= 4 is 43.9 Å². The number of nitrogens with one attached hydrogen (secondary N) is 1. The number of halogens is 1. The molecule has 0 unspecified atom stereocenters. The van der Waals surface area contributed by atoms with Gasteiger partial charge in [-0.1, -0.05) is 19.9 Å². The van der Waals surface area contributed by atoms with Gasteiger partial charge in [0.2, 0.25) is 5.95 Å². The molecule has 3 aromatic rings. The largest absolute Gasteiger partial charge is 0.390 e. The molecule has 198 valence electrons. The van der Waals surface area contributed by atoms with Crippen LogP contribution < -0.4 is 15.1 Å². The summed E-state index contributed by atoms with van der Waals surface area (Å²) in [6.45, 7) is 6.26. The summed E-state index contributed by atoms with van der Waals surface area (Å²) in [6.07, 6.45) is 2.83. The molecule has 0 spiro atoms. The van der Waals surface area contributed by atoms with Gasteiger partial charge in [0.25, 0.3) is 0 Å². The van der Waals surface area contributed by atoms with Gasteiger partial charge in [-0.05, 0) is 41.5 Å². The van der Waals surface area contributed by atoms with Crippen molar-refractivity contribution in [3.63, 3.8) is 0 Å². The summed E-state index contributed by atoms with van der Waals surface area (Å²) in [5.74, 6) is 2.25. The smallest absolute Gasteiger partial charge is 0.227 e. The van der Waals surface area contributed by atoms with E-state index >= 15 is 0 Å². The molecule has 2 aliphatic rings. The Balaban J connectivity index is 1.39. The van der Waals surface area contributed by atoms with Crippen LogP contribution in [-0.2, 0) is 9.84 Å². The number of hydrogen-bond donors (Lipinski definition) is 2. The highest BCUT2D eigenvalue weighted by atomic mass is 32.2. The molecule has 11 heteroatoms. The number of sulfone groups is 1. The first-order valence-electron chi connectivity index (χ1n) is 12.6. The minimum Gasteiger partial charge on any atom is -0.390 e. The topological polar surface area (TPSA) is 112 Å². The van der Waals surface area contributed by atoms with E-state index in [1.165, 1.54) is 11.8 Å². The number of anilines is 4. The zero-order chi connectivity index (χ0) is 26.3. The van der Waals surface area contributed by atoms with E-state index in [9.17, 15) is 17.9 Å². The fraction of sp³-hybridized carbons (Fsp3) is 0.500. The van der Waals surface area contributed by atoms with Crippen LogP contribution >= 0.6 is 0 Å². The fourth-order valence-corrected chi connectivity index (χ4v) is 6.24. The Morgan fingerprint density at radius 1 is 1.11 bits per heavy atom. The standard InChI is InChI=1S/C26H33FN6O3S/c1-16(2)18-4-5-22(33-12-17(13-33)15-37(3,35)36)20-11-29-25(10-19(18)20)30-24-6-8-28-26(31-24)32-9-7-23(34)21(27)14-32/h4-6,8,10-11,16-17,21,23,34H,7,9,12-15H2,1-3H3,(H,28,29,30,31)/t21-,23+/m0/s1. The number of rotatable bonds is 7. The van der Waals surface area contributed by atoms with E-state index in [4.69, 9.17) is 0 Å². The average molecular weight is 529 g/mol. The maximum atomic E-state index is 14.0. The molecule has 0 amide bonds. The summed E-state index contributed by atoms with van der Waals surface area (Å²) >= 11 is 0. The monoisotopic (exact) mass is 528 g/mol. The highest BCUT2D eigenvalue weighted by Gasteiger charge is 2.31. The number of nitrogens with zero attached hydrogens (tertiary/aromatic N) is 5. The molecule has 1 aromatic carbocycles. The third kappa shape index (κ3) is 5.62. The van der Waals surface area contributed by atoms with Gasteiger partial charge in [0.1, 0.15) is 27.6 Å². The minimum atomic E-state index is -2.99. The van der Waals surface area contributed by atoms with Gasteiger partial charge in [-0.2, -0.15) is 4.98 Å². The lowest BCUT2D eigenvalue weighted by atomic mass is 9.93. The van der Waals surface area contributed by atoms with Crippen molar-refractivity contribution in [2.24, 2.45) is 5.92 Å². The van der Waals surface area contributed by atoms with Gasteiger partial charge in [-0.3, -0.25) is 0 Å². The average Bonchev–Trinajstić information content (AvgIpc) is 2.82. The predicted molar refractivity (Wildman–Crippen MR) is 144 cm³/mol. The first-order chi connectivity index (χ1) is 17.6. The predicted octanol–water partition coefficient (Wildman–Crippen LogP) is 3.28. The first kappa shape index (κ1) is 25.6. The molecule has 2 aliphatic heterocycles. The Morgan fingerprint density at radius 3 is 2.59 bits per heavy atom. The van der Waals surface area contributed by atoms with Gasteiger partial charge in [0.15, 0.2) is 0 Å². The van der Waals surface area contributed by atoms with Crippen molar-refractivity contribution in [1.29, 1.82) is 0 Å². The van der Waals surface area contributed by atoms with E-state index in [1.807, 2.05) is 12.3 Å². The second-order valence-corrected chi connectivity index (χ2v) is 12.7. The number of pyridine rings is 1. The molecule has 5 rings (SSSR count). The molecule has 0 bridgehead atoms. The van der Waals surface area contributed by atoms with Crippen molar-refractivity contribution in [2.75, 3.05) is 53.3 Å². The van der Waals surface area contributed by atoms with Gasteiger partial charge < -0.3 is 20.2 Å². The summed E-state index contributed by atoms with van der Waals surface area (Å²) in [4.78, 5) is 17.4. The molecule has 0 aliphatic carbocycles. The SMILES string of the molecule is CC(C)c1ccc(N2CC(CS(C)(=O)=O)C2)c2cnc(Nc3ccnc(N4CC[C@@H](O)[C@@H](F)C4)n3)cc12. The summed E-state index contributed by atoms with van der Waals surface area (Å²) in [7, 11) is -2.99. The highest BCUT2D eigenvalue weighted by Crippen LogP contribution is 2.37. The molecule has 0 saturated carbocycles. The Bertz CT molecular complexity index is 1400. The third-order valence-corrected chi connectivity index (χ3v) is 8.14. The van der Waals surface area contributed by atoms with Gasteiger partial charge in [-0.25, -0.2) is 22.8 Å². The number of aliphatic hydroxyl groups is 1. The van der Waals surface area contributed by atoms with Gasteiger partial charge >= 0.3 is 0 Å². The molecule has 0 radical (unpaired) electrons. The van der Waals surface area contributed by atoms with E-state index in [1.54, 1.807) is 17.2 Å². The summed E-state index contributed by atoms with van der Waals surface area (Å²) in [5.41, 5.74) is 2.25. The molecule has 2 N–H and O–H groups in total. The number of aliphatic hydroxyl groups excluding tert-OH is 1. The quantitative estimate of drug-likeness (QED) is 0.477. The fourth-order valence-electron chi connectivity index (χ4n) is 5.17. The molecule has 2 aromatic heterocycles. The maximum absolute atomic E-state index is 14.0.